The summed E-state index contributed by atoms with van der Waals surface area (Å²) in [5.74, 6) is -1.02. The van der Waals surface area contributed by atoms with Gasteiger partial charge in [0.15, 0.2) is 5.13 Å². The third-order valence-corrected chi connectivity index (χ3v) is 8.25. The van der Waals surface area contributed by atoms with Gasteiger partial charge in [0.05, 0.1) is 22.9 Å². The van der Waals surface area contributed by atoms with E-state index in [4.69, 9.17) is 4.74 Å². The van der Waals surface area contributed by atoms with E-state index in [1.807, 2.05) is 25.1 Å². The number of carbonyl (C=O) groups is 2. The van der Waals surface area contributed by atoms with Crippen molar-refractivity contribution in [2.75, 3.05) is 16.2 Å². The highest BCUT2D eigenvalue weighted by Crippen LogP contribution is 2.36. The molecule has 1 aliphatic heterocycles. The summed E-state index contributed by atoms with van der Waals surface area (Å²) < 4.78 is 33.3. The topological polar surface area (TPSA) is 106 Å². The van der Waals surface area contributed by atoms with E-state index in [2.05, 4.69) is 10.3 Å². The van der Waals surface area contributed by atoms with Crippen molar-refractivity contribution in [1.29, 1.82) is 0 Å². The Hall–Kier alpha value is -3.24. The summed E-state index contributed by atoms with van der Waals surface area (Å²) >= 11 is 1.01. The van der Waals surface area contributed by atoms with Crippen molar-refractivity contribution in [2.45, 2.75) is 38.1 Å². The van der Waals surface area contributed by atoms with Gasteiger partial charge in [-0.3, -0.25) is 14.4 Å². The van der Waals surface area contributed by atoms with Gasteiger partial charge in [0.25, 0.3) is 15.9 Å². The lowest BCUT2D eigenvalue weighted by Gasteiger charge is -2.24. The maximum atomic E-state index is 13.5. The molecule has 8 nitrogen and oxygen atoms in total. The minimum Gasteiger partial charge on any atom is -0.462 e. The fraction of sp³-hybridized carbons (Fsp3) is 0.261. The van der Waals surface area contributed by atoms with Crippen molar-refractivity contribution in [3.63, 3.8) is 0 Å². The molecular weight excluding hydrogens is 462 g/mol. The Balaban J connectivity index is 1.59. The summed E-state index contributed by atoms with van der Waals surface area (Å²) in [5.41, 5.74) is 2.25. The Morgan fingerprint density at radius 1 is 1.21 bits per heavy atom. The minimum atomic E-state index is -3.87. The van der Waals surface area contributed by atoms with Crippen molar-refractivity contribution in [2.24, 2.45) is 0 Å². The summed E-state index contributed by atoms with van der Waals surface area (Å²) in [4.78, 5) is 29.4. The zero-order valence-corrected chi connectivity index (χ0v) is 20.0. The third kappa shape index (κ3) is 4.36. The maximum absolute atomic E-state index is 13.5. The van der Waals surface area contributed by atoms with Crippen molar-refractivity contribution in [1.82, 2.24) is 4.98 Å². The van der Waals surface area contributed by atoms with Crippen molar-refractivity contribution in [3.8, 4) is 0 Å². The van der Waals surface area contributed by atoms with Crippen molar-refractivity contribution in [3.05, 3.63) is 70.2 Å². The van der Waals surface area contributed by atoms with E-state index in [9.17, 15) is 18.0 Å². The zero-order valence-electron chi connectivity index (χ0n) is 18.4. The fourth-order valence-corrected chi connectivity index (χ4v) is 6.41. The van der Waals surface area contributed by atoms with E-state index in [1.165, 1.54) is 28.6 Å². The molecule has 2 heterocycles. The van der Waals surface area contributed by atoms with Crippen LogP contribution in [0.15, 0.2) is 53.4 Å². The van der Waals surface area contributed by atoms with Gasteiger partial charge in [-0.05, 0) is 57.0 Å². The largest absolute Gasteiger partial charge is 0.462 e. The molecule has 1 N–H and O–H groups in total. The van der Waals surface area contributed by atoms with Gasteiger partial charge in [0.2, 0.25) is 0 Å². The summed E-state index contributed by atoms with van der Waals surface area (Å²) in [6, 6.07) is 13.1. The van der Waals surface area contributed by atoms with Gasteiger partial charge in [0, 0.05) is 11.6 Å². The molecule has 0 spiro atoms. The molecule has 33 heavy (non-hydrogen) atoms. The fourth-order valence-electron chi connectivity index (χ4n) is 3.82. The second kappa shape index (κ2) is 8.95. The third-order valence-electron chi connectivity index (χ3n) is 5.28. The van der Waals surface area contributed by atoms with E-state index < -0.39 is 21.9 Å². The lowest BCUT2D eigenvalue weighted by atomic mass is 10.1. The number of para-hydroxylation sites is 1. The van der Waals surface area contributed by atoms with E-state index in [1.54, 1.807) is 19.9 Å². The van der Waals surface area contributed by atoms with Crippen LogP contribution in [0, 0.1) is 6.92 Å². The molecular formula is C23H23N3O5S2. The van der Waals surface area contributed by atoms with E-state index >= 15 is 0 Å². The second-order valence-corrected chi connectivity index (χ2v) is 10.4. The van der Waals surface area contributed by atoms with Crippen LogP contribution in [0.1, 0.15) is 45.1 Å². The van der Waals surface area contributed by atoms with Crippen LogP contribution >= 0.6 is 11.3 Å². The molecule has 0 radical (unpaired) electrons. The highest BCUT2D eigenvalue weighted by Gasteiger charge is 2.36. The number of rotatable bonds is 6. The first kappa shape index (κ1) is 22.9. The predicted molar refractivity (Wildman–Crippen MR) is 126 cm³/mol. The molecule has 10 heteroatoms. The van der Waals surface area contributed by atoms with Crippen LogP contribution in [0.5, 0.6) is 0 Å². The van der Waals surface area contributed by atoms with E-state index in [0.717, 1.165) is 16.9 Å². The number of hydrogen-bond donors (Lipinski definition) is 1. The van der Waals surface area contributed by atoms with Gasteiger partial charge in [-0.25, -0.2) is 18.2 Å². The Labute approximate surface area is 196 Å². The molecule has 1 amide bonds. The number of amides is 1. The molecule has 0 saturated heterocycles. The Bertz CT molecular complexity index is 1330. The second-order valence-electron chi connectivity index (χ2n) is 7.62. The number of carbonyl (C=O) groups excluding carboxylic acids is 2. The number of aromatic nitrogens is 1. The first-order valence-electron chi connectivity index (χ1n) is 10.4. The number of nitrogens with zero attached hydrogens (tertiary/aromatic N) is 2. The molecule has 1 aliphatic rings. The number of aryl methyl sites for hydroxylation is 1. The average molecular weight is 486 g/mol. The highest BCUT2D eigenvalue weighted by molar-refractivity contribution is 7.92. The number of hydrogen-bond acceptors (Lipinski definition) is 7. The molecule has 0 unspecified atom stereocenters. The molecule has 1 aromatic heterocycles. The summed E-state index contributed by atoms with van der Waals surface area (Å²) in [6.45, 7) is 5.46. The predicted octanol–water partition coefficient (Wildman–Crippen LogP) is 4.02. The first-order chi connectivity index (χ1) is 15.7. The van der Waals surface area contributed by atoms with Crippen molar-refractivity contribution >= 4 is 44.1 Å². The van der Waals surface area contributed by atoms with Crippen LogP contribution < -0.4 is 9.62 Å². The number of thiazole rings is 1. The molecule has 0 fully saturated rings. The lowest BCUT2D eigenvalue weighted by molar-refractivity contribution is 0.0531. The van der Waals surface area contributed by atoms with Crippen molar-refractivity contribution < 1.29 is 22.7 Å². The molecule has 0 saturated carbocycles. The number of ether oxygens (including phenoxy) is 1. The Morgan fingerprint density at radius 2 is 1.97 bits per heavy atom. The van der Waals surface area contributed by atoms with Crippen LogP contribution in [0.2, 0.25) is 0 Å². The molecule has 172 valence electrons. The summed E-state index contributed by atoms with van der Waals surface area (Å²) in [7, 11) is -3.87. The van der Waals surface area contributed by atoms with E-state index in [-0.39, 0.29) is 28.2 Å². The number of benzene rings is 2. The van der Waals surface area contributed by atoms with Gasteiger partial charge >= 0.3 is 5.97 Å². The van der Waals surface area contributed by atoms with Gasteiger partial charge in [-0.2, -0.15) is 0 Å². The van der Waals surface area contributed by atoms with Crippen LogP contribution in [0.3, 0.4) is 0 Å². The molecule has 0 aliphatic carbocycles. The van der Waals surface area contributed by atoms with Crippen LogP contribution in [0.25, 0.3) is 0 Å². The molecule has 3 aromatic rings. The van der Waals surface area contributed by atoms with Gasteiger partial charge in [-0.1, -0.05) is 35.6 Å². The summed E-state index contributed by atoms with van der Waals surface area (Å²) in [6.07, 6.45) is 0.627. The van der Waals surface area contributed by atoms with Crippen LogP contribution in [-0.2, 0) is 21.2 Å². The monoisotopic (exact) mass is 485 g/mol. The van der Waals surface area contributed by atoms with Crippen LogP contribution in [-0.4, -0.2) is 37.9 Å². The standard InChI is InChI=1S/C23H23N3O5S2/c1-4-31-22(28)20-15(3)24-23(32-20)25-21(27)17-9-7-10-18(13-17)33(29,30)26-14(2)12-16-8-5-6-11-19(16)26/h5-11,13-14H,4,12H2,1-3H3,(H,24,25,27)/t14-/m1/s1. The van der Waals surface area contributed by atoms with Gasteiger partial charge < -0.3 is 4.74 Å². The molecule has 2 aromatic carbocycles. The molecule has 1 atom stereocenters. The quantitative estimate of drug-likeness (QED) is 0.529. The number of fused-ring (bicyclic) bond motifs is 1. The highest BCUT2D eigenvalue weighted by atomic mass is 32.2. The van der Waals surface area contributed by atoms with Crippen LogP contribution in [0.4, 0.5) is 10.8 Å². The minimum absolute atomic E-state index is 0.0289. The zero-order chi connectivity index (χ0) is 23.8. The summed E-state index contributed by atoms with van der Waals surface area (Å²) in [5, 5.41) is 2.87. The number of sulfonamides is 1. The average Bonchev–Trinajstić information content (AvgIpc) is 3.32. The normalized spacial score (nSPS) is 15.2. The number of anilines is 2. The van der Waals surface area contributed by atoms with Gasteiger partial charge in [-0.15, -0.1) is 0 Å². The lowest BCUT2D eigenvalue weighted by Crippen LogP contribution is -2.35. The first-order valence-corrected chi connectivity index (χ1v) is 12.7. The SMILES string of the molecule is CCOC(=O)c1sc(NC(=O)c2cccc(S(=O)(=O)N3c4ccccc4C[C@H]3C)c2)nc1C. The Kier molecular flexibility index (Phi) is 6.22. The molecule has 4 rings (SSSR count). The number of nitrogens with one attached hydrogen (secondary N) is 1. The maximum Gasteiger partial charge on any atom is 0.350 e. The van der Waals surface area contributed by atoms with Gasteiger partial charge in [0.1, 0.15) is 4.88 Å². The smallest absolute Gasteiger partial charge is 0.350 e. The molecule has 0 bridgehead atoms. The number of esters is 1. The Morgan fingerprint density at radius 3 is 2.73 bits per heavy atom. The van der Waals surface area contributed by atoms with E-state index in [0.29, 0.717) is 22.7 Å².